The predicted octanol–water partition coefficient (Wildman–Crippen LogP) is 1.32. The summed E-state index contributed by atoms with van der Waals surface area (Å²) in [5.41, 5.74) is -0.663. The van der Waals surface area contributed by atoms with Gasteiger partial charge < -0.3 is 9.72 Å². The zero-order chi connectivity index (χ0) is 12.3. The summed E-state index contributed by atoms with van der Waals surface area (Å²) in [6, 6.07) is 3.44. The number of hydrogen-bond donors (Lipinski definition) is 1. The SMILES string of the molecule is CN(C(=O)C(=O)OC(C)(C)C)c1ccc[nH]1. The van der Waals surface area contributed by atoms with Gasteiger partial charge in [-0.05, 0) is 32.9 Å². The van der Waals surface area contributed by atoms with E-state index in [0.29, 0.717) is 5.82 Å². The molecule has 88 valence electrons. The number of anilines is 1. The van der Waals surface area contributed by atoms with Crippen LogP contribution in [0.15, 0.2) is 18.3 Å². The molecule has 1 amide bonds. The van der Waals surface area contributed by atoms with Gasteiger partial charge >= 0.3 is 11.9 Å². The molecule has 0 spiro atoms. The molecule has 1 aromatic rings. The van der Waals surface area contributed by atoms with Crippen molar-refractivity contribution in [1.29, 1.82) is 0 Å². The van der Waals surface area contributed by atoms with Crippen LogP contribution in [0, 0.1) is 0 Å². The highest BCUT2D eigenvalue weighted by atomic mass is 16.6. The van der Waals surface area contributed by atoms with Gasteiger partial charge in [0.05, 0.1) is 0 Å². The Morgan fingerprint density at radius 3 is 2.44 bits per heavy atom. The number of carbonyl (C=O) groups excluding carboxylic acids is 2. The minimum atomic E-state index is -0.857. The smallest absolute Gasteiger partial charge is 0.397 e. The van der Waals surface area contributed by atoms with Gasteiger partial charge in [0, 0.05) is 13.2 Å². The number of nitrogens with one attached hydrogen (secondary N) is 1. The molecule has 0 aliphatic rings. The van der Waals surface area contributed by atoms with Gasteiger partial charge in [0.25, 0.3) is 0 Å². The molecule has 0 aliphatic carbocycles. The van der Waals surface area contributed by atoms with Crippen molar-refractivity contribution in [3.05, 3.63) is 18.3 Å². The van der Waals surface area contributed by atoms with Gasteiger partial charge in [-0.1, -0.05) is 0 Å². The molecule has 0 aromatic carbocycles. The van der Waals surface area contributed by atoms with E-state index in [0.717, 1.165) is 0 Å². The van der Waals surface area contributed by atoms with Gasteiger partial charge in [0.2, 0.25) is 0 Å². The number of rotatable bonds is 1. The molecule has 1 N–H and O–H groups in total. The van der Waals surface area contributed by atoms with Crippen LogP contribution in [0.5, 0.6) is 0 Å². The van der Waals surface area contributed by atoms with Crippen molar-refractivity contribution in [2.24, 2.45) is 0 Å². The van der Waals surface area contributed by atoms with E-state index < -0.39 is 17.5 Å². The third-order valence-electron chi connectivity index (χ3n) is 1.82. The van der Waals surface area contributed by atoms with Crippen LogP contribution in [-0.4, -0.2) is 29.5 Å². The average molecular weight is 224 g/mol. The van der Waals surface area contributed by atoms with Crippen LogP contribution in [0.1, 0.15) is 20.8 Å². The first-order valence-corrected chi connectivity index (χ1v) is 4.95. The fraction of sp³-hybridized carbons (Fsp3) is 0.455. The standard InChI is InChI=1S/C11H16N2O3/c1-11(2,3)16-10(15)9(14)13(4)8-6-5-7-12-8/h5-7,12H,1-4H3. The van der Waals surface area contributed by atoms with Crippen molar-refractivity contribution in [2.75, 3.05) is 11.9 Å². The molecule has 0 unspecified atom stereocenters. The maximum Gasteiger partial charge on any atom is 0.397 e. The molecular weight excluding hydrogens is 208 g/mol. The Labute approximate surface area is 94.4 Å². The zero-order valence-electron chi connectivity index (χ0n) is 9.90. The Balaban J connectivity index is 2.68. The normalized spacial score (nSPS) is 11.0. The van der Waals surface area contributed by atoms with E-state index in [2.05, 4.69) is 4.98 Å². The van der Waals surface area contributed by atoms with E-state index in [9.17, 15) is 9.59 Å². The number of ether oxygens (including phenoxy) is 1. The van der Waals surface area contributed by atoms with Crippen molar-refractivity contribution in [3.63, 3.8) is 0 Å². The van der Waals surface area contributed by atoms with Crippen LogP contribution in [-0.2, 0) is 14.3 Å². The fourth-order valence-corrected chi connectivity index (χ4v) is 1.10. The van der Waals surface area contributed by atoms with Gasteiger partial charge in [-0.15, -0.1) is 0 Å². The van der Waals surface area contributed by atoms with Gasteiger partial charge in [-0.2, -0.15) is 0 Å². The van der Waals surface area contributed by atoms with Crippen molar-refractivity contribution < 1.29 is 14.3 Å². The first kappa shape index (κ1) is 12.3. The Morgan fingerprint density at radius 2 is 2.00 bits per heavy atom. The van der Waals surface area contributed by atoms with E-state index in [1.165, 1.54) is 11.9 Å². The summed E-state index contributed by atoms with van der Waals surface area (Å²) in [7, 11) is 1.51. The van der Waals surface area contributed by atoms with Crippen LogP contribution >= 0.6 is 0 Å². The summed E-state index contributed by atoms with van der Waals surface area (Å²) < 4.78 is 4.97. The topological polar surface area (TPSA) is 62.4 Å². The van der Waals surface area contributed by atoms with Gasteiger partial charge in [-0.25, -0.2) is 4.79 Å². The van der Waals surface area contributed by atoms with Crippen LogP contribution in [0.4, 0.5) is 5.82 Å². The molecule has 0 atom stereocenters. The highest BCUT2D eigenvalue weighted by molar-refractivity contribution is 6.37. The van der Waals surface area contributed by atoms with Gasteiger partial charge in [0.15, 0.2) is 0 Å². The number of likely N-dealkylation sites (N-methyl/N-ethyl adjacent to an activating group) is 1. The van der Waals surface area contributed by atoms with E-state index in [4.69, 9.17) is 4.74 Å². The Kier molecular flexibility index (Phi) is 3.37. The van der Waals surface area contributed by atoms with Gasteiger partial charge in [0.1, 0.15) is 11.4 Å². The summed E-state index contributed by atoms with van der Waals surface area (Å²) in [5.74, 6) is -1.00. The third kappa shape index (κ3) is 3.12. The molecule has 5 heteroatoms. The molecule has 1 aromatic heterocycles. The average Bonchev–Trinajstić information content (AvgIpc) is 2.65. The molecule has 0 saturated heterocycles. The Bertz CT molecular complexity index is 376. The van der Waals surface area contributed by atoms with E-state index >= 15 is 0 Å². The van der Waals surface area contributed by atoms with Crippen LogP contribution in [0.2, 0.25) is 0 Å². The lowest BCUT2D eigenvalue weighted by molar-refractivity contribution is -0.162. The van der Waals surface area contributed by atoms with E-state index in [1.54, 1.807) is 39.1 Å². The molecule has 0 fully saturated rings. The van der Waals surface area contributed by atoms with E-state index in [-0.39, 0.29) is 0 Å². The summed E-state index contributed by atoms with van der Waals surface area (Å²) in [5, 5.41) is 0. The van der Waals surface area contributed by atoms with E-state index in [1.807, 2.05) is 0 Å². The molecule has 1 heterocycles. The number of amides is 1. The lowest BCUT2D eigenvalue weighted by atomic mass is 10.2. The third-order valence-corrected chi connectivity index (χ3v) is 1.82. The first-order chi connectivity index (χ1) is 7.31. The first-order valence-electron chi connectivity index (χ1n) is 4.95. The van der Waals surface area contributed by atoms with Crippen LogP contribution < -0.4 is 4.90 Å². The van der Waals surface area contributed by atoms with Crippen molar-refractivity contribution in [2.45, 2.75) is 26.4 Å². The molecule has 1 rings (SSSR count). The molecule has 0 aliphatic heterocycles. The minimum absolute atomic E-state index is 0.552. The molecule has 5 nitrogen and oxygen atoms in total. The number of H-pyrrole nitrogens is 1. The maximum absolute atomic E-state index is 11.7. The number of esters is 1. The predicted molar refractivity (Wildman–Crippen MR) is 60.0 cm³/mol. The number of aromatic amines is 1. The zero-order valence-corrected chi connectivity index (χ0v) is 9.90. The summed E-state index contributed by atoms with van der Waals surface area (Å²) >= 11 is 0. The van der Waals surface area contributed by atoms with Crippen molar-refractivity contribution >= 4 is 17.7 Å². The number of aromatic nitrogens is 1. The molecular formula is C11H16N2O3. The van der Waals surface area contributed by atoms with Crippen molar-refractivity contribution in [3.8, 4) is 0 Å². The Hall–Kier alpha value is -1.78. The monoisotopic (exact) mass is 224 g/mol. The largest absolute Gasteiger partial charge is 0.453 e. The van der Waals surface area contributed by atoms with Crippen LogP contribution in [0.3, 0.4) is 0 Å². The minimum Gasteiger partial charge on any atom is -0.453 e. The second-order valence-corrected chi connectivity index (χ2v) is 4.42. The maximum atomic E-state index is 11.7. The second kappa shape index (κ2) is 4.38. The molecule has 0 saturated carbocycles. The second-order valence-electron chi connectivity index (χ2n) is 4.42. The highest BCUT2D eigenvalue weighted by Gasteiger charge is 2.26. The quantitative estimate of drug-likeness (QED) is 0.578. The summed E-state index contributed by atoms with van der Waals surface area (Å²) in [4.78, 5) is 27.2. The molecule has 16 heavy (non-hydrogen) atoms. The molecule has 0 radical (unpaired) electrons. The number of carbonyl (C=O) groups is 2. The summed E-state index contributed by atoms with van der Waals surface area (Å²) in [6.45, 7) is 5.15. The fourth-order valence-electron chi connectivity index (χ4n) is 1.10. The molecule has 0 bridgehead atoms. The lowest BCUT2D eigenvalue weighted by Gasteiger charge is -2.21. The number of hydrogen-bond acceptors (Lipinski definition) is 3. The van der Waals surface area contributed by atoms with Crippen LogP contribution in [0.25, 0.3) is 0 Å². The highest BCUT2D eigenvalue weighted by Crippen LogP contribution is 2.11. The summed E-state index contributed by atoms with van der Waals surface area (Å²) in [6.07, 6.45) is 1.67. The van der Waals surface area contributed by atoms with Crippen molar-refractivity contribution in [1.82, 2.24) is 4.98 Å². The van der Waals surface area contributed by atoms with Gasteiger partial charge in [-0.3, -0.25) is 9.69 Å². The lowest BCUT2D eigenvalue weighted by Crippen LogP contribution is -2.38. The number of nitrogens with zero attached hydrogens (tertiary/aromatic N) is 1. The Morgan fingerprint density at radius 1 is 1.38 bits per heavy atom.